The van der Waals surface area contributed by atoms with Gasteiger partial charge in [0.05, 0.1) is 26.1 Å². The number of aryl methyl sites for hydroxylation is 1. The van der Waals surface area contributed by atoms with E-state index in [1.807, 2.05) is 70.6 Å². The molecule has 1 aromatic heterocycles. The van der Waals surface area contributed by atoms with Gasteiger partial charge in [0.1, 0.15) is 0 Å². The van der Waals surface area contributed by atoms with Crippen LogP contribution in [0.3, 0.4) is 0 Å². The highest BCUT2D eigenvalue weighted by Crippen LogP contribution is 2.42. The maximum Gasteiger partial charge on any atom is 0.257 e. The second-order valence-corrected chi connectivity index (χ2v) is 9.98. The summed E-state index contributed by atoms with van der Waals surface area (Å²) in [5.74, 6) is -0.100. The highest BCUT2D eigenvalue weighted by Gasteiger charge is 2.58. The first-order valence-electron chi connectivity index (χ1n) is 11.4. The molecule has 0 N–H and O–H groups in total. The van der Waals surface area contributed by atoms with Crippen molar-refractivity contribution in [3.8, 4) is 0 Å². The van der Waals surface area contributed by atoms with Gasteiger partial charge in [-0.25, -0.2) is 0 Å². The predicted octanol–water partition coefficient (Wildman–Crippen LogP) is 4.02. The van der Waals surface area contributed by atoms with E-state index in [1.165, 1.54) is 5.56 Å². The lowest BCUT2D eigenvalue weighted by Crippen LogP contribution is -2.59. The van der Waals surface area contributed by atoms with E-state index in [1.54, 1.807) is 11.3 Å². The minimum atomic E-state index is -1.04. The highest BCUT2D eigenvalue weighted by atomic mass is 32.1. The van der Waals surface area contributed by atoms with Gasteiger partial charge in [0.15, 0.2) is 5.60 Å². The molecule has 5 nitrogen and oxygen atoms in total. The summed E-state index contributed by atoms with van der Waals surface area (Å²) in [5, 5.41) is 2.03. The van der Waals surface area contributed by atoms with Crippen LogP contribution in [0, 0.1) is 6.92 Å². The van der Waals surface area contributed by atoms with Gasteiger partial charge in [0.25, 0.3) is 5.91 Å². The molecule has 2 atom stereocenters. The number of ether oxygens (including phenoxy) is 1. The first-order chi connectivity index (χ1) is 16.0. The van der Waals surface area contributed by atoms with Crippen LogP contribution in [0.2, 0.25) is 0 Å². The van der Waals surface area contributed by atoms with Crippen LogP contribution in [-0.2, 0) is 27.3 Å². The molecule has 0 radical (unpaired) electrons. The average molecular weight is 461 g/mol. The molecule has 2 aliphatic heterocycles. The minimum absolute atomic E-state index is 0.0161. The summed E-state index contributed by atoms with van der Waals surface area (Å²) in [6.45, 7) is 4.35. The fraction of sp³-hybridized carbons (Fsp3) is 0.333. The zero-order valence-corrected chi connectivity index (χ0v) is 19.6. The summed E-state index contributed by atoms with van der Waals surface area (Å²) >= 11 is 1.65. The monoisotopic (exact) mass is 460 g/mol. The summed E-state index contributed by atoms with van der Waals surface area (Å²) in [6.07, 6.45) is 0.333. The molecule has 33 heavy (non-hydrogen) atoms. The molecule has 0 bridgehead atoms. The van der Waals surface area contributed by atoms with E-state index in [9.17, 15) is 9.59 Å². The molecule has 6 heteroatoms. The van der Waals surface area contributed by atoms with Crippen LogP contribution in [0.5, 0.6) is 0 Å². The molecule has 0 aliphatic carbocycles. The van der Waals surface area contributed by atoms with Gasteiger partial charge < -0.3 is 14.5 Å². The summed E-state index contributed by atoms with van der Waals surface area (Å²) in [4.78, 5) is 31.9. The lowest BCUT2D eigenvalue weighted by atomic mass is 9.83. The van der Waals surface area contributed by atoms with Gasteiger partial charge in [-0.15, -0.1) is 11.3 Å². The highest BCUT2D eigenvalue weighted by molar-refractivity contribution is 7.09. The standard InChI is InChI=1S/C27H28N2O3S/c1-20-9-11-21(12-10-20)16-25(30)28-13-14-32-27(19-28)24(22-6-3-2-4-7-22)18-29(26(27)31)17-23-8-5-15-33-23/h2-12,15,24H,13-14,16-19H2,1H3/t24-,27-/m0/s1. The van der Waals surface area contributed by atoms with E-state index < -0.39 is 5.60 Å². The van der Waals surface area contributed by atoms with Crippen molar-refractivity contribution in [3.05, 3.63) is 93.7 Å². The first kappa shape index (κ1) is 21.9. The number of carbonyl (C=O) groups is 2. The number of thiophene rings is 1. The summed E-state index contributed by atoms with van der Waals surface area (Å²) in [7, 11) is 0. The van der Waals surface area contributed by atoms with Crippen molar-refractivity contribution in [2.75, 3.05) is 26.2 Å². The number of hydrogen-bond donors (Lipinski definition) is 0. The molecule has 170 valence electrons. The molecular weight excluding hydrogens is 432 g/mol. The Kier molecular flexibility index (Phi) is 6.04. The van der Waals surface area contributed by atoms with Gasteiger partial charge in [0, 0.05) is 23.9 Å². The van der Waals surface area contributed by atoms with E-state index in [0.717, 1.165) is 16.0 Å². The largest absolute Gasteiger partial charge is 0.361 e. The van der Waals surface area contributed by atoms with Gasteiger partial charge in [-0.3, -0.25) is 9.59 Å². The molecule has 1 spiro atoms. The topological polar surface area (TPSA) is 49.9 Å². The van der Waals surface area contributed by atoms with Gasteiger partial charge in [-0.2, -0.15) is 0 Å². The van der Waals surface area contributed by atoms with E-state index in [0.29, 0.717) is 32.7 Å². The zero-order valence-electron chi connectivity index (χ0n) is 18.8. The first-order valence-corrected chi connectivity index (χ1v) is 12.3. The molecule has 3 heterocycles. The Morgan fingerprint density at radius 2 is 1.88 bits per heavy atom. The Labute approximate surface area is 198 Å². The average Bonchev–Trinajstić information content (AvgIpc) is 3.44. The smallest absolute Gasteiger partial charge is 0.257 e. The van der Waals surface area contributed by atoms with Crippen LogP contribution >= 0.6 is 11.3 Å². The Morgan fingerprint density at radius 1 is 1.09 bits per heavy atom. The number of likely N-dealkylation sites (tertiary alicyclic amines) is 1. The third-order valence-corrected chi connectivity index (χ3v) is 7.58. The maximum absolute atomic E-state index is 13.8. The molecule has 0 saturated carbocycles. The molecule has 2 aromatic carbocycles. The van der Waals surface area contributed by atoms with Crippen molar-refractivity contribution in [1.29, 1.82) is 0 Å². The maximum atomic E-state index is 13.8. The number of hydrogen-bond acceptors (Lipinski definition) is 4. The molecular formula is C27H28N2O3S. The van der Waals surface area contributed by atoms with Crippen LogP contribution in [0.1, 0.15) is 27.5 Å². The van der Waals surface area contributed by atoms with E-state index in [2.05, 4.69) is 18.2 Å². The van der Waals surface area contributed by atoms with Crippen molar-refractivity contribution >= 4 is 23.2 Å². The lowest BCUT2D eigenvalue weighted by molar-refractivity contribution is -0.167. The Hall–Kier alpha value is -2.96. The van der Waals surface area contributed by atoms with Crippen molar-refractivity contribution < 1.29 is 14.3 Å². The molecule has 0 unspecified atom stereocenters. The number of carbonyl (C=O) groups excluding carboxylic acids is 2. The fourth-order valence-corrected chi connectivity index (χ4v) is 5.67. The van der Waals surface area contributed by atoms with Crippen LogP contribution in [0.15, 0.2) is 72.1 Å². The zero-order chi connectivity index (χ0) is 22.8. The number of amides is 2. The van der Waals surface area contributed by atoms with Crippen molar-refractivity contribution in [3.63, 3.8) is 0 Å². The summed E-state index contributed by atoms with van der Waals surface area (Å²) < 4.78 is 6.32. The Balaban J connectivity index is 1.41. The van der Waals surface area contributed by atoms with Crippen molar-refractivity contribution in [2.45, 2.75) is 31.4 Å². The van der Waals surface area contributed by atoms with E-state index >= 15 is 0 Å². The second-order valence-electron chi connectivity index (χ2n) is 8.94. The van der Waals surface area contributed by atoms with Gasteiger partial charge in [0.2, 0.25) is 5.91 Å². The number of morpholine rings is 1. The predicted molar refractivity (Wildman–Crippen MR) is 129 cm³/mol. The van der Waals surface area contributed by atoms with Crippen molar-refractivity contribution in [1.82, 2.24) is 9.80 Å². The van der Waals surface area contributed by atoms with Crippen molar-refractivity contribution in [2.24, 2.45) is 0 Å². The fourth-order valence-electron chi connectivity index (χ4n) is 4.95. The molecule has 2 saturated heterocycles. The summed E-state index contributed by atoms with van der Waals surface area (Å²) in [5.41, 5.74) is 2.19. The number of nitrogens with zero attached hydrogens (tertiary/aromatic N) is 2. The Bertz CT molecular complexity index is 1110. The molecule has 3 aromatic rings. The molecule has 2 aliphatic rings. The third kappa shape index (κ3) is 4.33. The third-order valence-electron chi connectivity index (χ3n) is 6.72. The van der Waals surface area contributed by atoms with Gasteiger partial charge >= 0.3 is 0 Å². The van der Waals surface area contributed by atoms with E-state index in [4.69, 9.17) is 4.74 Å². The second kappa shape index (κ2) is 9.12. The van der Waals surface area contributed by atoms with Gasteiger partial charge in [-0.1, -0.05) is 66.2 Å². The van der Waals surface area contributed by atoms with Crippen LogP contribution < -0.4 is 0 Å². The summed E-state index contributed by atoms with van der Waals surface area (Å²) in [6, 6.07) is 22.2. The van der Waals surface area contributed by atoms with Crippen LogP contribution in [0.4, 0.5) is 0 Å². The molecule has 5 rings (SSSR count). The normalized spacial score (nSPS) is 22.8. The minimum Gasteiger partial charge on any atom is -0.361 e. The number of benzene rings is 2. The van der Waals surface area contributed by atoms with Crippen LogP contribution in [-0.4, -0.2) is 53.5 Å². The quantitative estimate of drug-likeness (QED) is 0.578. The number of rotatable bonds is 5. The lowest BCUT2D eigenvalue weighted by Gasteiger charge is -2.42. The van der Waals surface area contributed by atoms with Gasteiger partial charge in [-0.05, 0) is 29.5 Å². The van der Waals surface area contributed by atoms with E-state index in [-0.39, 0.29) is 24.3 Å². The molecule has 2 amide bonds. The SMILES string of the molecule is Cc1ccc(CC(=O)N2CCO[C@]3(C2)C(=O)N(Cc2cccs2)C[C@H]3c2ccccc2)cc1. The Morgan fingerprint density at radius 3 is 2.61 bits per heavy atom. The van der Waals surface area contributed by atoms with Crippen LogP contribution in [0.25, 0.3) is 0 Å². The molecule has 2 fully saturated rings.